The molecule has 0 aromatic heterocycles. The third-order valence-corrected chi connectivity index (χ3v) is 6.32. The molecule has 1 aromatic rings. The quantitative estimate of drug-likeness (QED) is 0.564. The molecule has 1 aliphatic heterocycles. The van der Waals surface area contributed by atoms with Crippen LogP contribution in [0.2, 0.25) is 5.02 Å². The van der Waals surface area contributed by atoms with Gasteiger partial charge in [-0.05, 0) is 49.7 Å². The molecule has 0 spiro atoms. The normalized spacial score (nSPS) is 31.0. The van der Waals surface area contributed by atoms with Gasteiger partial charge >= 0.3 is 0 Å². The Morgan fingerprint density at radius 3 is 2.57 bits per heavy atom. The molecule has 2 aliphatic carbocycles. The third kappa shape index (κ3) is 4.09. The number of benzene rings is 1. The SMILES string of the molecule is O=C(COc1ccc(Cl)c(F)c1)NC1C[C@H](NC(=O)C2CCNN2)C2CCC12. The van der Waals surface area contributed by atoms with Crippen molar-refractivity contribution in [3.8, 4) is 5.75 Å². The van der Waals surface area contributed by atoms with Crippen molar-refractivity contribution < 1.29 is 18.7 Å². The second kappa shape index (κ2) is 8.23. The van der Waals surface area contributed by atoms with Gasteiger partial charge in [0.15, 0.2) is 6.61 Å². The standard InChI is InChI=1S/C19H24ClFN4O3/c20-13-4-1-10(7-14(13)21)28-9-18(26)23-16-8-17(12-3-2-11(12)16)24-19(27)15-5-6-22-25-15/h1,4,7,11-12,15-17,22,25H,2-3,5-6,8-9H2,(H,23,26)(H,24,27)/t11?,12?,15?,16?,17-/m0/s1. The van der Waals surface area contributed by atoms with Gasteiger partial charge in [0, 0.05) is 24.7 Å². The van der Waals surface area contributed by atoms with E-state index in [9.17, 15) is 14.0 Å². The second-order valence-corrected chi connectivity index (χ2v) is 8.11. The Labute approximate surface area is 167 Å². The number of carbonyl (C=O) groups excluding carboxylic acids is 2. The fourth-order valence-corrected chi connectivity index (χ4v) is 4.55. The van der Waals surface area contributed by atoms with Crippen molar-refractivity contribution in [2.45, 2.75) is 43.8 Å². The Balaban J connectivity index is 1.26. The number of halogens is 2. The number of amides is 2. The first-order chi connectivity index (χ1) is 13.5. The molecular weight excluding hydrogens is 387 g/mol. The number of hydrogen-bond acceptors (Lipinski definition) is 5. The van der Waals surface area contributed by atoms with Crippen molar-refractivity contribution in [2.24, 2.45) is 11.8 Å². The topological polar surface area (TPSA) is 91.5 Å². The molecule has 3 aliphatic rings. The minimum absolute atomic E-state index is 0.00968. The van der Waals surface area contributed by atoms with Crippen LogP contribution < -0.4 is 26.2 Å². The summed E-state index contributed by atoms with van der Waals surface area (Å²) < 4.78 is 18.8. The van der Waals surface area contributed by atoms with E-state index in [4.69, 9.17) is 16.3 Å². The van der Waals surface area contributed by atoms with E-state index in [1.165, 1.54) is 12.1 Å². The summed E-state index contributed by atoms with van der Waals surface area (Å²) in [6.45, 7) is 0.592. The van der Waals surface area contributed by atoms with Gasteiger partial charge in [0.05, 0.1) is 5.02 Å². The van der Waals surface area contributed by atoms with Gasteiger partial charge in [-0.3, -0.25) is 15.0 Å². The molecule has 2 amide bonds. The van der Waals surface area contributed by atoms with Crippen LogP contribution in [-0.2, 0) is 9.59 Å². The summed E-state index contributed by atoms with van der Waals surface area (Å²) in [5, 5.41) is 6.17. The molecule has 3 fully saturated rings. The largest absolute Gasteiger partial charge is 0.484 e. The molecule has 152 valence electrons. The zero-order valence-corrected chi connectivity index (χ0v) is 16.1. The summed E-state index contributed by atoms with van der Waals surface area (Å²) >= 11 is 5.64. The lowest BCUT2D eigenvalue weighted by Gasteiger charge is -2.36. The van der Waals surface area contributed by atoms with E-state index < -0.39 is 5.82 Å². The van der Waals surface area contributed by atoms with Crippen LogP contribution in [0.1, 0.15) is 25.7 Å². The highest BCUT2D eigenvalue weighted by Gasteiger charge is 2.49. The van der Waals surface area contributed by atoms with Gasteiger partial charge in [0.25, 0.3) is 5.91 Å². The highest BCUT2D eigenvalue weighted by atomic mass is 35.5. The van der Waals surface area contributed by atoms with Crippen molar-refractivity contribution in [3.05, 3.63) is 29.0 Å². The molecule has 1 aromatic carbocycles. The molecule has 28 heavy (non-hydrogen) atoms. The first-order valence-corrected chi connectivity index (χ1v) is 10.0. The fraction of sp³-hybridized carbons (Fsp3) is 0.579. The summed E-state index contributed by atoms with van der Waals surface area (Å²) in [5.41, 5.74) is 5.94. The van der Waals surface area contributed by atoms with Crippen molar-refractivity contribution in [2.75, 3.05) is 13.2 Å². The molecule has 0 bridgehead atoms. The zero-order valence-electron chi connectivity index (χ0n) is 15.3. The predicted octanol–water partition coefficient (Wildman–Crippen LogP) is 1.12. The average Bonchev–Trinajstić information content (AvgIpc) is 3.23. The van der Waals surface area contributed by atoms with Crippen LogP contribution in [0.3, 0.4) is 0 Å². The number of hydrazine groups is 1. The van der Waals surface area contributed by atoms with E-state index in [0.717, 1.165) is 38.3 Å². The summed E-state index contributed by atoms with van der Waals surface area (Å²) in [5.74, 6) is 0.234. The Morgan fingerprint density at radius 2 is 1.93 bits per heavy atom. The summed E-state index contributed by atoms with van der Waals surface area (Å²) in [6.07, 6.45) is 3.62. The highest BCUT2D eigenvalue weighted by molar-refractivity contribution is 6.30. The van der Waals surface area contributed by atoms with Crippen LogP contribution in [-0.4, -0.2) is 43.1 Å². The molecular formula is C19H24ClFN4O3. The molecule has 9 heteroatoms. The van der Waals surface area contributed by atoms with Gasteiger partial charge in [-0.1, -0.05) is 11.6 Å². The lowest BCUT2D eigenvalue weighted by atomic mass is 9.73. The van der Waals surface area contributed by atoms with Crippen LogP contribution >= 0.6 is 11.6 Å². The number of nitrogens with one attached hydrogen (secondary N) is 4. The van der Waals surface area contributed by atoms with Crippen molar-refractivity contribution in [1.29, 1.82) is 0 Å². The zero-order chi connectivity index (χ0) is 19.7. The van der Waals surface area contributed by atoms with Gasteiger partial charge < -0.3 is 15.4 Å². The summed E-state index contributed by atoms with van der Waals surface area (Å²) in [6, 6.07) is 3.99. The maximum absolute atomic E-state index is 13.4. The molecule has 0 radical (unpaired) electrons. The first-order valence-electron chi connectivity index (χ1n) is 9.67. The predicted molar refractivity (Wildman–Crippen MR) is 101 cm³/mol. The van der Waals surface area contributed by atoms with Crippen LogP contribution in [0.25, 0.3) is 0 Å². The lowest BCUT2D eigenvalue weighted by Crippen LogP contribution is -2.49. The third-order valence-electron chi connectivity index (χ3n) is 6.01. The monoisotopic (exact) mass is 410 g/mol. The van der Waals surface area contributed by atoms with Gasteiger partial charge in [-0.15, -0.1) is 0 Å². The van der Waals surface area contributed by atoms with Crippen LogP contribution in [0.4, 0.5) is 4.39 Å². The smallest absolute Gasteiger partial charge is 0.258 e. The molecule has 1 saturated heterocycles. The van der Waals surface area contributed by atoms with Gasteiger partial charge in [0.1, 0.15) is 17.6 Å². The molecule has 5 atom stereocenters. The Kier molecular flexibility index (Phi) is 5.70. The van der Waals surface area contributed by atoms with Gasteiger partial charge in [-0.25, -0.2) is 9.82 Å². The fourth-order valence-electron chi connectivity index (χ4n) is 4.43. The second-order valence-electron chi connectivity index (χ2n) is 7.71. The number of hydrogen-bond donors (Lipinski definition) is 4. The lowest BCUT2D eigenvalue weighted by molar-refractivity contribution is -0.125. The maximum atomic E-state index is 13.4. The van der Waals surface area contributed by atoms with Crippen molar-refractivity contribution >= 4 is 23.4 Å². The minimum Gasteiger partial charge on any atom is -0.484 e. The molecule has 7 nitrogen and oxygen atoms in total. The number of ether oxygens (including phenoxy) is 1. The van der Waals surface area contributed by atoms with Crippen LogP contribution in [0, 0.1) is 17.7 Å². The molecule has 1 heterocycles. The number of rotatable bonds is 6. The Morgan fingerprint density at radius 1 is 1.18 bits per heavy atom. The Hall–Kier alpha value is -1.90. The first kappa shape index (κ1) is 19.4. The van der Waals surface area contributed by atoms with Crippen molar-refractivity contribution in [3.63, 3.8) is 0 Å². The van der Waals surface area contributed by atoms with Gasteiger partial charge in [-0.2, -0.15) is 0 Å². The number of fused-ring (bicyclic) bond motifs is 1. The maximum Gasteiger partial charge on any atom is 0.258 e. The van der Waals surface area contributed by atoms with E-state index in [0.29, 0.717) is 11.8 Å². The van der Waals surface area contributed by atoms with Crippen LogP contribution in [0.15, 0.2) is 18.2 Å². The van der Waals surface area contributed by atoms with Crippen molar-refractivity contribution in [1.82, 2.24) is 21.5 Å². The molecule has 2 saturated carbocycles. The highest BCUT2D eigenvalue weighted by Crippen LogP contribution is 2.47. The van der Waals surface area contributed by atoms with E-state index >= 15 is 0 Å². The average molecular weight is 411 g/mol. The van der Waals surface area contributed by atoms with E-state index in [-0.39, 0.29) is 47.3 Å². The molecule has 4 rings (SSSR count). The van der Waals surface area contributed by atoms with E-state index in [1.54, 1.807) is 0 Å². The molecule has 4 unspecified atom stereocenters. The number of carbonyl (C=O) groups is 2. The van der Waals surface area contributed by atoms with Gasteiger partial charge in [0.2, 0.25) is 5.91 Å². The summed E-state index contributed by atoms with van der Waals surface area (Å²) in [7, 11) is 0. The molecule has 4 N–H and O–H groups in total. The van der Waals surface area contributed by atoms with E-state index in [1.807, 2.05) is 0 Å². The Bertz CT molecular complexity index is 759. The van der Waals surface area contributed by atoms with E-state index in [2.05, 4.69) is 21.5 Å². The minimum atomic E-state index is -0.585. The van der Waals surface area contributed by atoms with Crippen LogP contribution in [0.5, 0.6) is 5.75 Å². The summed E-state index contributed by atoms with van der Waals surface area (Å²) in [4.78, 5) is 24.6.